The number of amides is 2. The van der Waals surface area contributed by atoms with Crippen LogP contribution in [-0.2, 0) is 9.59 Å². The summed E-state index contributed by atoms with van der Waals surface area (Å²) in [7, 11) is 0. The number of hydrogen-bond acceptors (Lipinski definition) is 3. The maximum absolute atomic E-state index is 13.6. The standard InChI is InChI=1S/C17H23FN2O3/c1-11-7-8-13(18)15(9-11)20-17(23)16(22)19-14-6-4-2-3-5-12(14)10-21/h7-9,12,14,21H,2-6,10H2,1H3,(H,19,22)(H,20,23). The molecular formula is C17H23FN2O3. The summed E-state index contributed by atoms with van der Waals surface area (Å²) in [5, 5.41) is 14.4. The largest absolute Gasteiger partial charge is 0.396 e. The lowest BCUT2D eigenvalue weighted by atomic mass is 9.95. The van der Waals surface area contributed by atoms with E-state index < -0.39 is 17.6 Å². The summed E-state index contributed by atoms with van der Waals surface area (Å²) in [6, 6.07) is 4.09. The molecule has 2 amide bonds. The molecule has 23 heavy (non-hydrogen) atoms. The van der Waals surface area contributed by atoms with Crippen LogP contribution in [0.1, 0.15) is 37.7 Å². The molecule has 0 aliphatic heterocycles. The summed E-state index contributed by atoms with van der Waals surface area (Å²) in [4.78, 5) is 24.0. The fourth-order valence-electron chi connectivity index (χ4n) is 2.94. The fraction of sp³-hybridized carbons (Fsp3) is 0.529. The first kappa shape index (κ1) is 17.4. The smallest absolute Gasteiger partial charge is 0.313 e. The highest BCUT2D eigenvalue weighted by Gasteiger charge is 2.27. The van der Waals surface area contributed by atoms with Crippen LogP contribution in [0.15, 0.2) is 18.2 Å². The fourth-order valence-corrected chi connectivity index (χ4v) is 2.94. The Morgan fingerprint density at radius 2 is 1.96 bits per heavy atom. The lowest BCUT2D eigenvalue weighted by Gasteiger charge is -2.24. The maximum atomic E-state index is 13.6. The Hall–Kier alpha value is -1.95. The SMILES string of the molecule is Cc1ccc(F)c(NC(=O)C(=O)NC2CCCCCC2CO)c1. The molecule has 0 spiro atoms. The van der Waals surface area contributed by atoms with Crippen LogP contribution in [0.3, 0.4) is 0 Å². The monoisotopic (exact) mass is 322 g/mol. The molecule has 1 saturated carbocycles. The van der Waals surface area contributed by atoms with Crippen molar-refractivity contribution in [2.75, 3.05) is 11.9 Å². The molecule has 2 unspecified atom stereocenters. The minimum atomic E-state index is -0.893. The Bertz CT molecular complexity index is 577. The van der Waals surface area contributed by atoms with E-state index in [2.05, 4.69) is 10.6 Å². The number of aliphatic hydroxyl groups excluding tert-OH is 1. The van der Waals surface area contributed by atoms with Crippen molar-refractivity contribution in [3.63, 3.8) is 0 Å². The van der Waals surface area contributed by atoms with Crippen LogP contribution in [-0.4, -0.2) is 29.6 Å². The van der Waals surface area contributed by atoms with E-state index in [4.69, 9.17) is 0 Å². The maximum Gasteiger partial charge on any atom is 0.313 e. The number of aryl methyl sites for hydroxylation is 1. The van der Waals surface area contributed by atoms with Gasteiger partial charge >= 0.3 is 11.8 Å². The normalized spacial score (nSPS) is 21.3. The number of carbonyl (C=O) groups excluding carboxylic acids is 2. The molecule has 2 rings (SSSR count). The number of anilines is 1. The van der Waals surface area contributed by atoms with Gasteiger partial charge in [-0.2, -0.15) is 0 Å². The van der Waals surface area contributed by atoms with Gasteiger partial charge in [0.15, 0.2) is 0 Å². The Labute approximate surface area is 135 Å². The summed E-state index contributed by atoms with van der Waals surface area (Å²) >= 11 is 0. The molecule has 0 aromatic heterocycles. The van der Waals surface area contributed by atoms with Crippen molar-refractivity contribution in [2.24, 2.45) is 5.92 Å². The Kier molecular flexibility index (Phi) is 6.10. The molecule has 3 N–H and O–H groups in total. The number of nitrogens with one attached hydrogen (secondary N) is 2. The number of rotatable bonds is 3. The molecule has 1 aliphatic carbocycles. The van der Waals surface area contributed by atoms with E-state index in [0.29, 0.717) is 0 Å². The van der Waals surface area contributed by atoms with E-state index in [1.54, 1.807) is 13.0 Å². The first-order chi connectivity index (χ1) is 11.0. The zero-order valence-electron chi connectivity index (χ0n) is 13.3. The summed E-state index contributed by atoms with van der Waals surface area (Å²) in [6.07, 6.45) is 4.59. The molecule has 1 aromatic carbocycles. The Morgan fingerprint density at radius 3 is 2.70 bits per heavy atom. The zero-order valence-corrected chi connectivity index (χ0v) is 13.3. The van der Waals surface area contributed by atoms with Crippen LogP contribution in [0.5, 0.6) is 0 Å². The average Bonchev–Trinajstić information content (AvgIpc) is 2.75. The van der Waals surface area contributed by atoms with Crippen LogP contribution in [0.2, 0.25) is 0 Å². The second kappa shape index (κ2) is 8.06. The van der Waals surface area contributed by atoms with Crippen molar-refractivity contribution in [3.8, 4) is 0 Å². The van der Waals surface area contributed by atoms with Crippen molar-refractivity contribution >= 4 is 17.5 Å². The molecule has 1 fully saturated rings. The summed E-state index contributed by atoms with van der Waals surface area (Å²) in [6.45, 7) is 1.76. The zero-order chi connectivity index (χ0) is 16.8. The van der Waals surface area contributed by atoms with Crippen LogP contribution in [0.4, 0.5) is 10.1 Å². The van der Waals surface area contributed by atoms with Crippen LogP contribution in [0.25, 0.3) is 0 Å². The lowest BCUT2D eigenvalue weighted by molar-refractivity contribution is -0.137. The molecule has 1 aliphatic rings. The molecule has 0 radical (unpaired) electrons. The van der Waals surface area contributed by atoms with Crippen molar-refractivity contribution < 1.29 is 19.1 Å². The first-order valence-electron chi connectivity index (χ1n) is 8.00. The van der Waals surface area contributed by atoms with Gasteiger partial charge in [0.2, 0.25) is 0 Å². The van der Waals surface area contributed by atoms with Gasteiger partial charge in [-0.05, 0) is 37.5 Å². The van der Waals surface area contributed by atoms with Crippen LogP contribution in [0, 0.1) is 18.7 Å². The number of hydrogen-bond donors (Lipinski definition) is 3. The van der Waals surface area contributed by atoms with Gasteiger partial charge in [-0.25, -0.2) is 4.39 Å². The topological polar surface area (TPSA) is 78.4 Å². The predicted octanol–water partition coefficient (Wildman–Crippen LogP) is 2.13. The minimum Gasteiger partial charge on any atom is -0.396 e. The molecular weight excluding hydrogens is 299 g/mol. The highest BCUT2D eigenvalue weighted by molar-refractivity contribution is 6.39. The van der Waals surface area contributed by atoms with Crippen molar-refractivity contribution in [1.29, 1.82) is 0 Å². The molecule has 6 heteroatoms. The summed E-state index contributed by atoms with van der Waals surface area (Å²) < 4.78 is 13.6. The van der Waals surface area contributed by atoms with E-state index >= 15 is 0 Å². The first-order valence-corrected chi connectivity index (χ1v) is 8.00. The third-order valence-corrected chi connectivity index (χ3v) is 4.29. The molecule has 126 valence electrons. The Morgan fingerprint density at radius 1 is 1.22 bits per heavy atom. The molecule has 0 heterocycles. The second-order valence-electron chi connectivity index (χ2n) is 6.10. The molecule has 2 atom stereocenters. The van der Waals surface area contributed by atoms with Crippen molar-refractivity contribution in [1.82, 2.24) is 5.32 Å². The van der Waals surface area contributed by atoms with Crippen molar-refractivity contribution in [3.05, 3.63) is 29.6 Å². The number of carbonyl (C=O) groups is 2. The van der Waals surface area contributed by atoms with Crippen molar-refractivity contribution in [2.45, 2.75) is 45.1 Å². The second-order valence-corrected chi connectivity index (χ2v) is 6.10. The summed E-state index contributed by atoms with van der Waals surface area (Å²) in [5.74, 6) is -2.31. The van der Waals surface area contributed by atoms with Gasteiger partial charge in [-0.15, -0.1) is 0 Å². The third kappa shape index (κ3) is 4.76. The van der Waals surface area contributed by atoms with E-state index in [-0.39, 0.29) is 24.3 Å². The van der Waals surface area contributed by atoms with Gasteiger partial charge in [-0.1, -0.05) is 25.3 Å². The number of aliphatic hydroxyl groups is 1. The average molecular weight is 322 g/mol. The van der Waals surface area contributed by atoms with E-state index in [0.717, 1.165) is 37.7 Å². The minimum absolute atomic E-state index is 0.00951. The Balaban J connectivity index is 1.98. The van der Waals surface area contributed by atoms with Gasteiger partial charge in [0.05, 0.1) is 5.69 Å². The summed E-state index contributed by atoms with van der Waals surface area (Å²) in [5.41, 5.74) is 0.774. The highest BCUT2D eigenvalue weighted by atomic mass is 19.1. The third-order valence-electron chi connectivity index (χ3n) is 4.29. The van der Waals surface area contributed by atoms with Gasteiger partial charge in [-0.3, -0.25) is 9.59 Å². The number of benzene rings is 1. The number of halogens is 1. The molecule has 0 bridgehead atoms. The molecule has 0 saturated heterocycles. The van der Waals surface area contributed by atoms with Gasteiger partial charge < -0.3 is 15.7 Å². The van der Waals surface area contributed by atoms with Gasteiger partial charge in [0, 0.05) is 18.6 Å². The highest BCUT2D eigenvalue weighted by Crippen LogP contribution is 2.23. The van der Waals surface area contributed by atoms with Crippen LogP contribution >= 0.6 is 0 Å². The van der Waals surface area contributed by atoms with Gasteiger partial charge in [0.1, 0.15) is 5.82 Å². The van der Waals surface area contributed by atoms with E-state index in [1.165, 1.54) is 12.1 Å². The quantitative estimate of drug-likeness (QED) is 0.589. The van der Waals surface area contributed by atoms with E-state index in [1.807, 2.05) is 0 Å². The molecule has 5 nitrogen and oxygen atoms in total. The van der Waals surface area contributed by atoms with Gasteiger partial charge in [0.25, 0.3) is 0 Å². The van der Waals surface area contributed by atoms with Crippen LogP contribution < -0.4 is 10.6 Å². The predicted molar refractivity (Wildman–Crippen MR) is 85.4 cm³/mol. The molecule has 1 aromatic rings. The lowest BCUT2D eigenvalue weighted by Crippen LogP contribution is -2.46. The van der Waals surface area contributed by atoms with E-state index in [9.17, 15) is 19.1 Å².